The van der Waals surface area contributed by atoms with E-state index in [2.05, 4.69) is 10.3 Å². The van der Waals surface area contributed by atoms with Crippen LogP contribution in [0.2, 0.25) is 5.15 Å². The zero-order chi connectivity index (χ0) is 14.1. The molecule has 18 heavy (non-hydrogen) atoms. The number of nitrogens with zero attached hydrogens (tertiary/aromatic N) is 1. The summed E-state index contributed by atoms with van der Waals surface area (Å²) in [6, 6.07) is 0. The summed E-state index contributed by atoms with van der Waals surface area (Å²) in [6.45, 7) is 8.50. The van der Waals surface area contributed by atoms with E-state index in [4.69, 9.17) is 16.3 Å². The van der Waals surface area contributed by atoms with Crippen LogP contribution in [0.1, 0.15) is 39.5 Å². The lowest BCUT2D eigenvalue weighted by atomic mass is 10.1. The first-order valence-corrected chi connectivity index (χ1v) is 6.57. The van der Waals surface area contributed by atoms with E-state index in [9.17, 15) is 9.90 Å². The quantitative estimate of drug-likeness (QED) is 0.876. The van der Waals surface area contributed by atoms with Gasteiger partial charge in [-0.2, -0.15) is 0 Å². The summed E-state index contributed by atoms with van der Waals surface area (Å²) in [7, 11) is 0. The number of aromatic nitrogens is 1. The second-order valence-electron chi connectivity index (χ2n) is 5.32. The van der Waals surface area contributed by atoms with Gasteiger partial charge in [0.15, 0.2) is 5.13 Å². The van der Waals surface area contributed by atoms with Gasteiger partial charge in [0, 0.05) is 0 Å². The summed E-state index contributed by atoms with van der Waals surface area (Å²) in [5, 5.41) is 12.8. The number of amides is 1. The number of nitrogens with one attached hydrogen (secondary N) is 1. The molecule has 0 saturated heterocycles. The lowest BCUT2D eigenvalue weighted by Crippen LogP contribution is -2.27. The van der Waals surface area contributed by atoms with Crippen molar-refractivity contribution in [3.8, 4) is 0 Å². The van der Waals surface area contributed by atoms with E-state index in [1.807, 2.05) is 0 Å². The predicted molar refractivity (Wildman–Crippen MR) is 72.2 cm³/mol. The third-order valence-electron chi connectivity index (χ3n) is 1.75. The van der Waals surface area contributed by atoms with E-state index in [-0.39, 0.29) is 5.15 Å². The third-order valence-corrected chi connectivity index (χ3v) is 3.42. The molecule has 0 aliphatic rings. The highest BCUT2D eigenvalue weighted by molar-refractivity contribution is 7.16. The van der Waals surface area contributed by atoms with Crippen molar-refractivity contribution in [1.82, 2.24) is 4.98 Å². The summed E-state index contributed by atoms with van der Waals surface area (Å²) in [6.07, 6.45) is -0.602. The fourth-order valence-corrected chi connectivity index (χ4v) is 2.45. The fourth-order valence-electron chi connectivity index (χ4n) is 1.12. The molecule has 0 aromatic carbocycles. The molecule has 5 nitrogen and oxygen atoms in total. The van der Waals surface area contributed by atoms with Crippen LogP contribution >= 0.6 is 22.9 Å². The molecule has 0 unspecified atom stereocenters. The van der Waals surface area contributed by atoms with Crippen molar-refractivity contribution in [1.29, 1.82) is 0 Å². The Morgan fingerprint density at radius 3 is 2.33 bits per heavy atom. The summed E-state index contributed by atoms with van der Waals surface area (Å²) < 4.78 is 5.09. The Bertz CT molecular complexity index is 446. The molecule has 7 heteroatoms. The molecule has 0 spiro atoms. The highest BCUT2D eigenvalue weighted by Crippen LogP contribution is 2.35. The van der Waals surface area contributed by atoms with Crippen LogP contribution in [0.4, 0.5) is 9.93 Å². The lowest BCUT2D eigenvalue weighted by Gasteiger charge is -2.19. The zero-order valence-electron chi connectivity index (χ0n) is 11.0. The van der Waals surface area contributed by atoms with E-state index < -0.39 is 17.3 Å². The number of rotatable bonds is 2. The summed E-state index contributed by atoms with van der Waals surface area (Å²) in [5.74, 6) is 0. The van der Waals surface area contributed by atoms with Crippen LogP contribution in [0.25, 0.3) is 0 Å². The number of aliphatic hydroxyl groups is 1. The molecule has 0 fully saturated rings. The van der Waals surface area contributed by atoms with Crippen molar-refractivity contribution < 1.29 is 14.6 Å². The van der Waals surface area contributed by atoms with Gasteiger partial charge >= 0.3 is 6.09 Å². The molecular formula is C11H17ClN2O3S. The van der Waals surface area contributed by atoms with Crippen LogP contribution in [0.5, 0.6) is 0 Å². The molecule has 0 radical (unpaired) electrons. The standard InChI is InChI=1S/C11H17ClN2O3S/c1-10(2,3)17-9(15)14-8-13-7(12)6(18-8)11(4,5)16/h16H,1-5H3,(H,13,14,15). The van der Waals surface area contributed by atoms with Crippen LogP contribution in [-0.2, 0) is 10.3 Å². The Balaban J connectivity index is 2.79. The number of hydrogen-bond acceptors (Lipinski definition) is 5. The molecule has 0 atom stereocenters. The van der Waals surface area contributed by atoms with E-state index >= 15 is 0 Å². The van der Waals surface area contributed by atoms with Gasteiger partial charge in [-0.05, 0) is 34.6 Å². The van der Waals surface area contributed by atoms with E-state index in [0.29, 0.717) is 10.0 Å². The maximum Gasteiger partial charge on any atom is 0.413 e. The van der Waals surface area contributed by atoms with Crippen LogP contribution in [-0.4, -0.2) is 21.8 Å². The van der Waals surface area contributed by atoms with Gasteiger partial charge in [-0.1, -0.05) is 22.9 Å². The van der Waals surface area contributed by atoms with Crippen molar-refractivity contribution in [2.45, 2.75) is 45.8 Å². The minimum Gasteiger partial charge on any atom is -0.444 e. The highest BCUT2D eigenvalue weighted by Gasteiger charge is 2.25. The second kappa shape index (κ2) is 5.03. The molecule has 1 rings (SSSR count). The maximum absolute atomic E-state index is 11.5. The third kappa shape index (κ3) is 4.44. The molecule has 1 amide bonds. The first-order valence-electron chi connectivity index (χ1n) is 5.38. The topological polar surface area (TPSA) is 71.5 Å². The molecule has 1 heterocycles. The molecule has 2 N–H and O–H groups in total. The SMILES string of the molecule is CC(C)(C)OC(=O)Nc1nc(Cl)c(C(C)(C)O)s1. The number of carbonyl (C=O) groups excluding carboxylic acids is 1. The number of carbonyl (C=O) groups is 1. The van der Waals surface area contributed by atoms with Crippen molar-refractivity contribution >= 4 is 34.2 Å². The zero-order valence-corrected chi connectivity index (χ0v) is 12.6. The van der Waals surface area contributed by atoms with E-state index in [1.165, 1.54) is 0 Å². The van der Waals surface area contributed by atoms with Crippen molar-refractivity contribution in [2.24, 2.45) is 0 Å². The molecule has 0 aliphatic heterocycles. The summed E-state index contributed by atoms with van der Waals surface area (Å²) >= 11 is 7.01. The number of anilines is 1. The average molecular weight is 293 g/mol. The summed E-state index contributed by atoms with van der Waals surface area (Å²) in [5.41, 5.74) is -1.67. The monoisotopic (exact) mass is 292 g/mol. The van der Waals surface area contributed by atoms with Crippen molar-refractivity contribution in [2.75, 3.05) is 5.32 Å². The summed E-state index contributed by atoms with van der Waals surface area (Å²) in [4.78, 5) is 16.0. The normalized spacial score (nSPS) is 12.4. The number of thiazole rings is 1. The number of hydrogen-bond donors (Lipinski definition) is 2. The molecule has 0 bridgehead atoms. The smallest absolute Gasteiger partial charge is 0.413 e. The van der Waals surface area contributed by atoms with Gasteiger partial charge < -0.3 is 9.84 Å². The van der Waals surface area contributed by atoms with Crippen molar-refractivity contribution in [3.63, 3.8) is 0 Å². The highest BCUT2D eigenvalue weighted by atomic mass is 35.5. The van der Waals surface area contributed by atoms with Gasteiger partial charge in [-0.15, -0.1) is 0 Å². The minimum atomic E-state index is -1.09. The van der Waals surface area contributed by atoms with Gasteiger partial charge in [0.1, 0.15) is 10.8 Å². The predicted octanol–water partition coefficient (Wildman–Crippen LogP) is 3.37. The molecule has 1 aromatic rings. The molecule has 0 aliphatic carbocycles. The minimum absolute atomic E-state index is 0.179. The Labute approximate surface area is 115 Å². The molecular weight excluding hydrogens is 276 g/mol. The maximum atomic E-state index is 11.5. The number of ether oxygens (including phenoxy) is 1. The fraction of sp³-hybridized carbons (Fsp3) is 0.636. The Morgan fingerprint density at radius 1 is 1.39 bits per heavy atom. The van der Waals surface area contributed by atoms with Crippen molar-refractivity contribution in [3.05, 3.63) is 10.0 Å². The van der Waals surface area contributed by atoms with Crippen LogP contribution < -0.4 is 5.32 Å². The van der Waals surface area contributed by atoms with Crippen LogP contribution in [0.3, 0.4) is 0 Å². The Hall–Kier alpha value is -0.850. The Kier molecular flexibility index (Phi) is 4.25. The van der Waals surface area contributed by atoms with Gasteiger partial charge in [0.05, 0.1) is 10.5 Å². The van der Waals surface area contributed by atoms with Crippen LogP contribution in [0, 0.1) is 0 Å². The van der Waals surface area contributed by atoms with Gasteiger partial charge in [0.2, 0.25) is 0 Å². The van der Waals surface area contributed by atoms with Gasteiger partial charge in [-0.25, -0.2) is 9.78 Å². The van der Waals surface area contributed by atoms with E-state index in [0.717, 1.165) is 11.3 Å². The first-order chi connectivity index (χ1) is 7.99. The average Bonchev–Trinajstić information content (AvgIpc) is 2.41. The van der Waals surface area contributed by atoms with E-state index in [1.54, 1.807) is 34.6 Å². The molecule has 0 saturated carbocycles. The first kappa shape index (κ1) is 15.2. The second-order valence-corrected chi connectivity index (χ2v) is 6.68. The van der Waals surface area contributed by atoms with Gasteiger partial charge in [0.25, 0.3) is 0 Å². The van der Waals surface area contributed by atoms with Gasteiger partial charge in [-0.3, -0.25) is 5.32 Å². The molecule has 1 aromatic heterocycles. The largest absolute Gasteiger partial charge is 0.444 e. The lowest BCUT2D eigenvalue weighted by molar-refractivity contribution is 0.0635. The number of halogens is 1. The Morgan fingerprint density at radius 2 is 1.94 bits per heavy atom. The van der Waals surface area contributed by atoms with Crippen LogP contribution in [0.15, 0.2) is 0 Å². The molecule has 102 valence electrons.